The summed E-state index contributed by atoms with van der Waals surface area (Å²) < 4.78 is 6.10. The Kier molecular flexibility index (Phi) is 6.61. The number of likely N-dealkylation sites (N-methyl/N-ethyl adjacent to an activating group) is 1. The molecule has 1 aromatic heterocycles. The number of nitrogens with one attached hydrogen (secondary N) is 1. The van der Waals surface area contributed by atoms with E-state index in [0.717, 1.165) is 13.0 Å². The first-order valence-corrected chi connectivity index (χ1v) is 9.81. The summed E-state index contributed by atoms with van der Waals surface area (Å²) in [7, 11) is 2.00. The molecule has 1 saturated heterocycles. The molecule has 1 aliphatic heterocycles. The number of nitrogens with zero attached hydrogens (tertiary/aromatic N) is 5. The van der Waals surface area contributed by atoms with Crippen LogP contribution < -0.4 is 5.32 Å². The third-order valence-electron chi connectivity index (χ3n) is 5.41. The van der Waals surface area contributed by atoms with Gasteiger partial charge in [0.05, 0.1) is 25.4 Å². The summed E-state index contributed by atoms with van der Waals surface area (Å²) in [6, 6.07) is 0.543. The zero-order valence-corrected chi connectivity index (χ0v) is 16.5. The van der Waals surface area contributed by atoms with Crippen molar-refractivity contribution in [3.8, 4) is 0 Å². The predicted molar refractivity (Wildman–Crippen MR) is 99.4 cm³/mol. The van der Waals surface area contributed by atoms with E-state index in [4.69, 9.17) is 4.74 Å². The quantitative estimate of drug-likeness (QED) is 0.572. The van der Waals surface area contributed by atoms with Crippen molar-refractivity contribution >= 4 is 17.8 Å². The number of carbonyl (C=O) groups is 3. The lowest BCUT2D eigenvalue weighted by molar-refractivity contribution is -0.144. The number of esters is 1. The first-order chi connectivity index (χ1) is 13.5. The van der Waals surface area contributed by atoms with Gasteiger partial charge < -0.3 is 15.0 Å². The van der Waals surface area contributed by atoms with Gasteiger partial charge >= 0.3 is 5.97 Å². The van der Waals surface area contributed by atoms with Crippen LogP contribution in [0.25, 0.3) is 0 Å². The topological polar surface area (TPSA) is 110 Å². The molecule has 10 heteroatoms. The van der Waals surface area contributed by atoms with E-state index in [1.54, 1.807) is 6.92 Å². The molecule has 2 fully saturated rings. The molecular formula is C18H28N6O4. The SMILES string of the molecule is CCOC(=O)Cn1cc(C(=O)NCC2CCN2C(=O)CN(C)C2CCC2)nn1. The molecule has 0 radical (unpaired) electrons. The fourth-order valence-electron chi connectivity index (χ4n) is 3.36. The smallest absolute Gasteiger partial charge is 0.327 e. The van der Waals surface area contributed by atoms with Crippen LogP contribution in [0.3, 0.4) is 0 Å². The van der Waals surface area contributed by atoms with Gasteiger partial charge in [0.25, 0.3) is 5.91 Å². The van der Waals surface area contributed by atoms with Crippen LogP contribution in [0.5, 0.6) is 0 Å². The third kappa shape index (κ3) is 4.86. The molecule has 2 aliphatic rings. The molecule has 154 valence electrons. The van der Waals surface area contributed by atoms with Gasteiger partial charge in [-0.15, -0.1) is 5.10 Å². The maximum Gasteiger partial charge on any atom is 0.327 e. The minimum Gasteiger partial charge on any atom is -0.465 e. The van der Waals surface area contributed by atoms with Crippen molar-refractivity contribution in [2.75, 3.05) is 33.3 Å². The molecule has 10 nitrogen and oxygen atoms in total. The summed E-state index contributed by atoms with van der Waals surface area (Å²) in [6.45, 7) is 3.45. The maximum absolute atomic E-state index is 12.5. The first-order valence-electron chi connectivity index (χ1n) is 9.81. The molecule has 3 rings (SSSR count). The molecule has 1 N–H and O–H groups in total. The number of hydrogen-bond acceptors (Lipinski definition) is 7. The van der Waals surface area contributed by atoms with Crippen LogP contribution in [0.1, 0.15) is 43.1 Å². The number of aromatic nitrogens is 3. The molecule has 1 unspecified atom stereocenters. The average Bonchev–Trinajstić information content (AvgIpc) is 3.00. The molecule has 1 aromatic rings. The van der Waals surface area contributed by atoms with E-state index in [9.17, 15) is 14.4 Å². The van der Waals surface area contributed by atoms with Crippen molar-refractivity contribution in [3.63, 3.8) is 0 Å². The standard InChI is InChI=1S/C18H28N6O4/c1-3-28-17(26)12-23-10-15(20-21-23)18(27)19-9-14-7-8-24(14)16(25)11-22(2)13-5-4-6-13/h10,13-14H,3-9,11-12H2,1-2H3,(H,19,27). The Bertz CT molecular complexity index is 717. The Morgan fingerprint density at radius 1 is 1.32 bits per heavy atom. The lowest BCUT2D eigenvalue weighted by Crippen LogP contribution is -2.58. The summed E-state index contributed by atoms with van der Waals surface area (Å²) in [5.41, 5.74) is 0.131. The van der Waals surface area contributed by atoms with Crippen LogP contribution in [-0.4, -0.2) is 87.9 Å². The first kappa shape index (κ1) is 20.2. The largest absolute Gasteiger partial charge is 0.465 e. The number of likely N-dealkylation sites (tertiary alicyclic amines) is 1. The lowest BCUT2D eigenvalue weighted by Gasteiger charge is -2.43. The number of rotatable bonds is 9. The van der Waals surface area contributed by atoms with E-state index < -0.39 is 5.97 Å². The summed E-state index contributed by atoms with van der Waals surface area (Å²) in [5.74, 6) is -0.698. The zero-order chi connectivity index (χ0) is 20.1. The minimum absolute atomic E-state index is 0.0146. The average molecular weight is 392 g/mol. The molecule has 0 spiro atoms. The Morgan fingerprint density at radius 3 is 2.71 bits per heavy atom. The van der Waals surface area contributed by atoms with Crippen molar-refractivity contribution in [2.24, 2.45) is 0 Å². The van der Waals surface area contributed by atoms with Crippen molar-refractivity contribution in [2.45, 2.75) is 51.2 Å². The fraction of sp³-hybridized carbons (Fsp3) is 0.722. The van der Waals surface area contributed by atoms with Gasteiger partial charge in [0.15, 0.2) is 5.69 Å². The molecule has 2 heterocycles. The summed E-state index contributed by atoms with van der Waals surface area (Å²) >= 11 is 0. The molecule has 0 bridgehead atoms. The number of ether oxygens (including phenoxy) is 1. The molecule has 2 amide bonds. The Labute approximate surface area is 164 Å². The van der Waals surface area contributed by atoms with E-state index in [1.165, 1.54) is 30.1 Å². The van der Waals surface area contributed by atoms with Crippen LogP contribution in [0.4, 0.5) is 0 Å². The van der Waals surface area contributed by atoms with Crippen molar-refractivity contribution in [1.29, 1.82) is 0 Å². The van der Waals surface area contributed by atoms with E-state index in [2.05, 4.69) is 20.5 Å². The second-order valence-corrected chi connectivity index (χ2v) is 7.35. The molecule has 28 heavy (non-hydrogen) atoms. The Balaban J connectivity index is 1.42. The van der Waals surface area contributed by atoms with Crippen LogP contribution in [-0.2, 0) is 20.9 Å². The number of amides is 2. The van der Waals surface area contributed by atoms with Crippen molar-refractivity contribution in [1.82, 2.24) is 30.1 Å². The summed E-state index contributed by atoms with van der Waals surface area (Å²) in [6.07, 6.45) is 5.85. The molecular weight excluding hydrogens is 364 g/mol. The zero-order valence-electron chi connectivity index (χ0n) is 16.5. The Morgan fingerprint density at radius 2 is 2.11 bits per heavy atom. The van der Waals surface area contributed by atoms with Gasteiger partial charge in [0, 0.05) is 19.1 Å². The third-order valence-corrected chi connectivity index (χ3v) is 5.41. The van der Waals surface area contributed by atoms with Gasteiger partial charge in [-0.2, -0.15) is 0 Å². The highest BCUT2D eigenvalue weighted by atomic mass is 16.5. The second kappa shape index (κ2) is 9.13. The predicted octanol–water partition coefficient (Wildman–Crippen LogP) is -0.344. The number of hydrogen-bond donors (Lipinski definition) is 1. The monoisotopic (exact) mass is 392 g/mol. The van der Waals surface area contributed by atoms with Gasteiger partial charge in [0.2, 0.25) is 5.91 Å². The highest BCUT2D eigenvalue weighted by molar-refractivity contribution is 5.92. The van der Waals surface area contributed by atoms with E-state index in [-0.39, 0.29) is 36.7 Å². The maximum atomic E-state index is 12.5. The molecule has 1 saturated carbocycles. The second-order valence-electron chi connectivity index (χ2n) is 7.35. The minimum atomic E-state index is -0.435. The van der Waals surface area contributed by atoms with E-state index in [0.29, 0.717) is 19.1 Å². The highest BCUT2D eigenvalue weighted by Gasteiger charge is 2.34. The van der Waals surface area contributed by atoms with Crippen LogP contribution in [0.2, 0.25) is 0 Å². The van der Waals surface area contributed by atoms with Gasteiger partial charge in [-0.3, -0.25) is 19.3 Å². The summed E-state index contributed by atoms with van der Waals surface area (Å²) in [5, 5.41) is 10.3. The fourth-order valence-corrected chi connectivity index (χ4v) is 3.36. The normalized spacial score (nSPS) is 19.1. The van der Waals surface area contributed by atoms with Gasteiger partial charge in [0.1, 0.15) is 6.54 Å². The molecule has 1 atom stereocenters. The van der Waals surface area contributed by atoms with E-state index in [1.807, 2.05) is 11.9 Å². The van der Waals surface area contributed by atoms with Crippen LogP contribution >= 0.6 is 0 Å². The van der Waals surface area contributed by atoms with E-state index >= 15 is 0 Å². The van der Waals surface area contributed by atoms with Gasteiger partial charge in [-0.1, -0.05) is 11.6 Å². The lowest BCUT2D eigenvalue weighted by atomic mass is 9.92. The van der Waals surface area contributed by atoms with Crippen LogP contribution in [0, 0.1) is 0 Å². The van der Waals surface area contributed by atoms with Gasteiger partial charge in [-0.05, 0) is 33.2 Å². The van der Waals surface area contributed by atoms with Crippen LogP contribution in [0.15, 0.2) is 6.20 Å². The summed E-state index contributed by atoms with van der Waals surface area (Å²) in [4.78, 5) is 40.1. The number of carbonyl (C=O) groups excluding carboxylic acids is 3. The molecule has 0 aromatic carbocycles. The van der Waals surface area contributed by atoms with Crippen molar-refractivity contribution < 1.29 is 19.1 Å². The Hall–Kier alpha value is -2.49. The van der Waals surface area contributed by atoms with Gasteiger partial charge in [-0.25, -0.2) is 4.68 Å². The van der Waals surface area contributed by atoms with Crippen molar-refractivity contribution in [3.05, 3.63) is 11.9 Å². The highest BCUT2D eigenvalue weighted by Crippen LogP contribution is 2.24. The molecule has 1 aliphatic carbocycles.